The molecule has 126 valence electrons. The van der Waals surface area contributed by atoms with E-state index in [-0.39, 0.29) is 5.54 Å². The van der Waals surface area contributed by atoms with Gasteiger partial charge in [0, 0.05) is 32.1 Å². The van der Waals surface area contributed by atoms with Crippen molar-refractivity contribution >= 4 is 0 Å². The predicted molar refractivity (Wildman–Crippen MR) is 87.9 cm³/mol. The SMILES string of the molecule is c1cnc(Oc2ccc(CN3CCOCC34CCOC4)cc2)cn1. The Kier molecular flexibility index (Phi) is 4.42. The zero-order valence-electron chi connectivity index (χ0n) is 13.6. The standard InChI is InChI=1S/C18H21N3O3/c1-3-16(24-17-11-19-6-7-20-17)4-2-15(1)12-21-8-10-23-14-18(21)5-9-22-13-18/h1-4,6-7,11H,5,8-10,12-14H2. The van der Waals surface area contributed by atoms with Crippen LogP contribution in [0.5, 0.6) is 11.6 Å². The van der Waals surface area contributed by atoms with Crippen molar-refractivity contribution in [3.8, 4) is 11.6 Å². The van der Waals surface area contributed by atoms with Gasteiger partial charge in [0.2, 0.25) is 5.88 Å². The van der Waals surface area contributed by atoms with Crippen LogP contribution in [0, 0.1) is 0 Å². The van der Waals surface area contributed by atoms with Gasteiger partial charge in [-0.05, 0) is 24.1 Å². The summed E-state index contributed by atoms with van der Waals surface area (Å²) in [5, 5.41) is 0. The van der Waals surface area contributed by atoms with Gasteiger partial charge >= 0.3 is 0 Å². The molecule has 4 rings (SSSR count). The number of nitrogens with zero attached hydrogens (tertiary/aromatic N) is 3. The molecule has 3 heterocycles. The van der Waals surface area contributed by atoms with Gasteiger partial charge in [-0.1, -0.05) is 12.1 Å². The molecule has 0 aliphatic carbocycles. The monoisotopic (exact) mass is 327 g/mol. The Bertz CT molecular complexity index is 657. The number of hydrogen-bond acceptors (Lipinski definition) is 6. The number of benzene rings is 1. The van der Waals surface area contributed by atoms with E-state index in [2.05, 4.69) is 27.0 Å². The molecule has 1 unspecified atom stereocenters. The van der Waals surface area contributed by atoms with Gasteiger partial charge in [0.05, 0.1) is 31.6 Å². The van der Waals surface area contributed by atoms with E-state index < -0.39 is 0 Å². The molecule has 2 saturated heterocycles. The van der Waals surface area contributed by atoms with Crippen LogP contribution in [-0.2, 0) is 16.0 Å². The van der Waals surface area contributed by atoms with Crippen molar-refractivity contribution in [1.82, 2.24) is 14.9 Å². The molecule has 2 aliphatic heterocycles. The van der Waals surface area contributed by atoms with Crippen LogP contribution in [0.25, 0.3) is 0 Å². The minimum atomic E-state index is 0.0487. The first-order valence-corrected chi connectivity index (χ1v) is 8.27. The van der Waals surface area contributed by atoms with Gasteiger partial charge in [-0.15, -0.1) is 0 Å². The van der Waals surface area contributed by atoms with Crippen LogP contribution >= 0.6 is 0 Å². The van der Waals surface area contributed by atoms with E-state index in [1.165, 1.54) is 5.56 Å². The second-order valence-electron chi connectivity index (χ2n) is 6.29. The van der Waals surface area contributed by atoms with Gasteiger partial charge < -0.3 is 14.2 Å². The van der Waals surface area contributed by atoms with Crippen LogP contribution < -0.4 is 4.74 Å². The first-order chi connectivity index (χ1) is 11.8. The molecule has 2 aliphatic rings. The Morgan fingerprint density at radius 1 is 1.08 bits per heavy atom. The quantitative estimate of drug-likeness (QED) is 0.858. The van der Waals surface area contributed by atoms with E-state index in [4.69, 9.17) is 14.2 Å². The lowest BCUT2D eigenvalue weighted by Crippen LogP contribution is -2.56. The number of aromatic nitrogens is 2. The van der Waals surface area contributed by atoms with E-state index in [9.17, 15) is 0 Å². The van der Waals surface area contributed by atoms with Gasteiger partial charge in [0.25, 0.3) is 0 Å². The van der Waals surface area contributed by atoms with Crippen LogP contribution in [-0.4, -0.2) is 53.4 Å². The van der Waals surface area contributed by atoms with Crippen molar-refractivity contribution in [3.05, 3.63) is 48.4 Å². The number of rotatable bonds is 4. The maximum absolute atomic E-state index is 5.71. The molecule has 2 aromatic rings. The molecule has 1 spiro atoms. The van der Waals surface area contributed by atoms with Crippen molar-refractivity contribution in [2.45, 2.75) is 18.5 Å². The third-order valence-corrected chi connectivity index (χ3v) is 4.69. The van der Waals surface area contributed by atoms with Gasteiger partial charge in [-0.2, -0.15) is 0 Å². The van der Waals surface area contributed by atoms with Crippen molar-refractivity contribution in [2.24, 2.45) is 0 Å². The van der Waals surface area contributed by atoms with Crippen molar-refractivity contribution in [3.63, 3.8) is 0 Å². The lowest BCUT2D eigenvalue weighted by molar-refractivity contribution is -0.0749. The van der Waals surface area contributed by atoms with E-state index in [1.54, 1.807) is 18.6 Å². The second-order valence-corrected chi connectivity index (χ2v) is 6.29. The van der Waals surface area contributed by atoms with Crippen LogP contribution in [0.4, 0.5) is 0 Å². The van der Waals surface area contributed by atoms with Crippen molar-refractivity contribution in [1.29, 1.82) is 0 Å². The Morgan fingerprint density at radius 3 is 2.67 bits per heavy atom. The lowest BCUT2D eigenvalue weighted by Gasteiger charge is -2.43. The maximum Gasteiger partial charge on any atom is 0.237 e. The Labute approximate surface area is 141 Å². The fourth-order valence-electron chi connectivity index (χ4n) is 3.31. The summed E-state index contributed by atoms with van der Waals surface area (Å²) in [5.41, 5.74) is 1.31. The first kappa shape index (κ1) is 15.5. The van der Waals surface area contributed by atoms with Crippen molar-refractivity contribution in [2.75, 3.05) is 33.0 Å². The predicted octanol–water partition coefficient (Wildman–Crippen LogP) is 2.26. The van der Waals surface area contributed by atoms with Crippen LogP contribution in [0.1, 0.15) is 12.0 Å². The highest BCUT2D eigenvalue weighted by Gasteiger charge is 2.42. The molecule has 24 heavy (non-hydrogen) atoms. The average molecular weight is 327 g/mol. The van der Waals surface area contributed by atoms with E-state index in [0.717, 1.165) is 51.7 Å². The summed E-state index contributed by atoms with van der Waals surface area (Å²) in [6, 6.07) is 8.15. The molecule has 1 aromatic heterocycles. The molecular weight excluding hydrogens is 306 g/mol. The Balaban J connectivity index is 1.43. The van der Waals surface area contributed by atoms with Gasteiger partial charge in [-0.3, -0.25) is 9.88 Å². The minimum Gasteiger partial charge on any atom is -0.438 e. The molecule has 0 radical (unpaired) electrons. The molecule has 6 heteroatoms. The summed E-state index contributed by atoms with van der Waals surface area (Å²) in [6.07, 6.45) is 5.89. The molecule has 1 atom stereocenters. The number of morpholine rings is 1. The van der Waals surface area contributed by atoms with E-state index in [0.29, 0.717) is 5.88 Å². The number of ether oxygens (including phenoxy) is 3. The van der Waals surface area contributed by atoms with Gasteiger partial charge in [0.15, 0.2) is 0 Å². The lowest BCUT2D eigenvalue weighted by atomic mass is 9.95. The Morgan fingerprint density at radius 2 is 1.92 bits per heavy atom. The molecule has 0 amide bonds. The van der Waals surface area contributed by atoms with Crippen LogP contribution in [0.3, 0.4) is 0 Å². The topological polar surface area (TPSA) is 56.7 Å². The fraction of sp³-hybridized carbons (Fsp3) is 0.444. The first-order valence-electron chi connectivity index (χ1n) is 8.27. The molecular formula is C18H21N3O3. The van der Waals surface area contributed by atoms with E-state index >= 15 is 0 Å². The summed E-state index contributed by atoms with van der Waals surface area (Å²) in [6.45, 7) is 4.99. The zero-order valence-corrected chi connectivity index (χ0v) is 13.6. The second kappa shape index (κ2) is 6.84. The molecule has 0 N–H and O–H groups in total. The molecule has 1 aromatic carbocycles. The van der Waals surface area contributed by atoms with Crippen molar-refractivity contribution < 1.29 is 14.2 Å². The third-order valence-electron chi connectivity index (χ3n) is 4.69. The highest BCUT2D eigenvalue weighted by atomic mass is 16.5. The summed E-state index contributed by atoms with van der Waals surface area (Å²) in [5.74, 6) is 1.26. The molecule has 6 nitrogen and oxygen atoms in total. The fourth-order valence-corrected chi connectivity index (χ4v) is 3.31. The molecule has 0 bridgehead atoms. The third kappa shape index (κ3) is 3.26. The largest absolute Gasteiger partial charge is 0.438 e. The average Bonchev–Trinajstić information content (AvgIpc) is 3.09. The number of hydrogen-bond donors (Lipinski definition) is 0. The molecule has 0 saturated carbocycles. The Hall–Kier alpha value is -2.02. The summed E-state index contributed by atoms with van der Waals surface area (Å²) < 4.78 is 17.0. The normalized spacial score (nSPS) is 24.3. The summed E-state index contributed by atoms with van der Waals surface area (Å²) in [7, 11) is 0. The summed E-state index contributed by atoms with van der Waals surface area (Å²) in [4.78, 5) is 10.6. The van der Waals surface area contributed by atoms with Crippen LogP contribution in [0.2, 0.25) is 0 Å². The van der Waals surface area contributed by atoms with E-state index in [1.807, 2.05) is 12.1 Å². The van der Waals surface area contributed by atoms with Crippen LogP contribution in [0.15, 0.2) is 42.9 Å². The minimum absolute atomic E-state index is 0.0487. The smallest absolute Gasteiger partial charge is 0.237 e. The highest BCUT2D eigenvalue weighted by Crippen LogP contribution is 2.31. The zero-order chi connectivity index (χ0) is 16.2. The van der Waals surface area contributed by atoms with Gasteiger partial charge in [-0.25, -0.2) is 4.98 Å². The molecule has 2 fully saturated rings. The summed E-state index contributed by atoms with van der Waals surface area (Å²) >= 11 is 0. The van der Waals surface area contributed by atoms with Gasteiger partial charge in [0.1, 0.15) is 5.75 Å². The maximum atomic E-state index is 5.71. The highest BCUT2D eigenvalue weighted by molar-refractivity contribution is 5.30.